The van der Waals surface area contributed by atoms with Gasteiger partial charge in [-0.3, -0.25) is 0 Å². The van der Waals surface area contributed by atoms with Gasteiger partial charge in [0.15, 0.2) is 0 Å². The van der Waals surface area contributed by atoms with Gasteiger partial charge in [-0.25, -0.2) is 4.98 Å². The molecule has 0 saturated heterocycles. The molecule has 0 spiro atoms. The lowest BCUT2D eigenvalue weighted by Gasteiger charge is -2.23. The van der Waals surface area contributed by atoms with Crippen LogP contribution in [0, 0.1) is 0 Å². The van der Waals surface area contributed by atoms with E-state index in [0.717, 1.165) is 12.6 Å². The summed E-state index contributed by atoms with van der Waals surface area (Å²) in [6.45, 7) is 8.95. The first-order chi connectivity index (χ1) is 12.5. The van der Waals surface area contributed by atoms with Gasteiger partial charge in [0.05, 0.1) is 6.10 Å². The van der Waals surface area contributed by atoms with Gasteiger partial charge in [-0.1, -0.05) is 6.92 Å². The number of halogens is 3. The van der Waals surface area contributed by atoms with Gasteiger partial charge in [0.1, 0.15) is 16.9 Å². The van der Waals surface area contributed by atoms with Crippen LogP contribution in [-0.2, 0) is 6.18 Å². The molecule has 1 aromatic carbocycles. The van der Waals surface area contributed by atoms with Crippen molar-refractivity contribution in [3.63, 3.8) is 0 Å². The Labute approximate surface area is 156 Å². The molecule has 0 saturated carbocycles. The molecule has 0 aliphatic carbocycles. The van der Waals surface area contributed by atoms with Crippen molar-refractivity contribution in [3.05, 3.63) is 36.0 Å². The molecule has 1 heterocycles. The van der Waals surface area contributed by atoms with Gasteiger partial charge in [-0.15, -0.1) is 0 Å². The minimum Gasteiger partial charge on any atom is -0.491 e. The second-order valence-corrected chi connectivity index (χ2v) is 7.11. The van der Waals surface area contributed by atoms with Gasteiger partial charge in [-0.05, 0) is 58.4 Å². The molecule has 0 radical (unpaired) electrons. The highest BCUT2D eigenvalue weighted by Crippen LogP contribution is 2.36. The highest BCUT2D eigenvalue weighted by Gasteiger charge is 2.37. The minimum atomic E-state index is -4.60. The first-order valence-corrected chi connectivity index (χ1v) is 8.65. The average molecular weight is 383 g/mol. The van der Waals surface area contributed by atoms with Gasteiger partial charge in [0.2, 0.25) is 11.8 Å². The van der Waals surface area contributed by atoms with Crippen molar-refractivity contribution >= 4 is 11.6 Å². The molecule has 8 heteroatoms. The summed E-state index contributed by atoms with van der Waals surface area (Å²) in [7, 11) is 0. The molecular formula is C19H24F3N3O2. The summed E-state index contributed by atoms with van der Waals surface area (Å²) in [6, 6.07) is 7.02. The largest absolute Gasteiger partial charge is 0.491 e. The fourth-order valence-electron chi connectivity index (χ4n) is 2.05. The minimum absolute atomic E-state index is 0.0119. The molecule has 0 aliphatic rings. The van der Waals surface area contributed by atoms with E-state index in [2.05, 4.69) is 15.3 Å². The SMILES string of the molecule is CCC(C)Oc1ccc(Nc2ncc(C(F)(F)F)c(OC(C)(C)C)n2)cc1. The molecule has 148 valence electrons. The van der Waals surface area contributed by atoms with Gasteiger partial charge in [-0.2, -0.15) is 18.2 Å². The summed E-state index contributed by atoms with van der Waals surface area (Å²) in [6.07, 6.45) is -2.90. The Hall–Kier alpha value is -2.51. The van der Waals surface area contributed by atoms with Crippen LogP contribution < -0.4 is 14.8 Å². The number of anilines is 2. The van der Waals surface area contributed by atoms with Crippen molar-refractivity contribution in [1.82, 2.24) is 9.97 Å². The van der Waals surface area contributed by atoms with Crippen molar-refractivity contribution in [2.75, 3.05) is 5.32 Å². The Morgan fingerprint density at radius 1 is 1.11 bits per heavy atom. The van der Waals surface area contributed by atoms with Gasteiger partial charge < -0.3 is 14.8 Å². The predicted molar refractivity (Wildman–Crippen MR) is 97.5 cm³/mol. The van der Waals surface area contributed by atoms with E-state index in [4.69, 9.17) is 9.47 Å². The summed E-state index contributed by atoms with van der Waals surface area (Å²) in [4.78, 5) is 7.67. The van der Waals surface area contributed by atoms with E-state index in [-0.39, 0.29) is 12.1 Å². The smallest absolute Gasteiger partial charge is 0.423 e. The maximum Gasteiger partial charge on any atom is 0.423 e. The third-order valence-electron chi connectivity index (χ3n) is 3.48. The van der Waals surface area contributed by atoms with E-state index in [1.165, 1.54) is 0 Å². The van der Waals surface area contributed by atoms with Gasteiger partial charge >= 0.3 is 6.18 Å². The van der Waals surface area contributed by atoms with E-state index in [1.807, 2.05) is 13.8 Å². The zero-order chi connectivity index (χ0) is 20.2. The van der Waals surface area contributed by atoms with Crippen LogP contribution in [0.3, 0.4) is 0 Å². The number of rotatable bonds is 6. The zero-order valence-electron chi connectivity index (χ0n) is 16.0. The normalized spacial score (nSPS) is 13.2. The molecule has 0 bridgehead atoms. The fraction of sp³-hybridized carbons (Fsp3) is 0.474. The van der Waals surface area contributed by atoms with Crippen LogP contribution in [0.25, 0.3) is 0 Å². The van der Waals surface area contributed by atoms with Crippen molar-refractivity contribution in [1.29, 1.82) is 0 Å². The number of ether oxygens (including phenoxy) is 2. The Kier molecular flexibility index (Phi) is 6.18. The molecule has 0 amide bonds. The molecule has 0 aliphatic heterocycles. The lowest BCUT2D eigenvalue weighted by atomic mass is 10.2. The summed E-state index contributed by atoms with van der Waals surface area (Å²) >= 11 is 0. The van der Waals surface area contributed by atoms with E-state index >= 15 is 0 Å². The third kappa shape index (κ3) is 6.30. The Balaban J connectivity index is 2.22. The van der Waals surface area contributed by atoms with E-state index in [9.17, 15) is 13.2 Å². The van der Waals surface area contributed by atoms with Crippen molar-refractivity contribution in [2.24, 2.45) is 0 Å². The highest BCUT2D eigenvalue weighted by molar-refractivity contribution is 5.55. The number of alkyl halides is 3. The van der Waals surface area contributed by atoms with Crippen LogP contribution in [-0.4, -0.2) is 21.7 Å². The molecule has 2 aromatic rings. The summed E-state index contributed by atoms with van der Waals surface area (Å²) < 4.78 is 50.6. The van der Waals surface area contributed by atoms with Crippen molar-refractivity contribution in [3.8, 4) is 11.6 Å². The Morgan fingerprint density at radius 2 is 1.74 bits per heavy atom. The molecule has 1 aromatic heterocycles. The molecule has 1 atom stereocenters. The first kappa shape index (κ1) is 20.8. The second kappa shape index (κ2) is 8.02. The maximum absolute atomic E-state index is 13.2. The molecule has 27 heavy (non-hydrogen) atoms. The highest BCUT2D eigenvalue weighted by atomic mass is 19.4. The molecule has 1 N–H and O–H groups in total. The van der Waals surface area contributed by atoms with Gasteiger partial charge in [0.25, 0.3) is 0 Å². The number of nitrogens with zero attached hydrogens (tertiary/aromatic N) is 2. The quantitative estimate of drug-likeness (QED) is 0.704. The lowest BCUT2D eigenvalue weighted by molar-refractivity contribution is -0.140. The van der Waals surface area contributed by atoms with Crippen LogP contribution in [0.1, 0.15) is 46.6 Å². The van der Waals surface area contributed by atoms with Crippen LogP contribution in [0.4, 0.5) is 24.8 Å². The summed E-state index contributed by atoms with van der Waals surface area (Å²) in [5.74, 6) is 0.210. The van der Waals surface area contributed by atoms with Crippen LogP contribution in [0.2, 0.25) is 0 Å². The van der Waals surface area contributed by atoms with Gasteiger partial charge in [0, 0.05) is 11.9 Å². The molecular weight excluding hydrogens is 359 g/mol. The van der Waals surface area contributed by atoms with Crippen LogP contribution >= 0.6 is 0 Å². The number of nitrogens with one attached hydrogen (secondary N) is 1. The van der Waals surface area contributed by atoms with Crippen LogP contribution in [0.15, 0.2) is 30.5 Å². The average Bonchev–Trinajstić information content (AvgIpc) is 2.54. The fourth-order valence-corrected chi connectivity index (χ4v) is 2.05. The predicted octanol–water partition coefficient (Wildman–Crippen LogP) is 5.59. The monoisotopic (exact) mass is 383 g/mol. The molecule has 0 fully saturated rings. The van der Waals surface area contributed by atoms with Crippen molar-refractivity contribution < 1.29 is 22.6 Å². The molecule has 2 rings (SSSR count). The molecule has 5 nitrogen and oxygen atoms in total. The van der Waals surface area contributed by atoms with E-state index in [0.29, 0.717) is 11.4 Å². The molecule has 1 unspecified atom stereocenters. The Morgan fingerprint density at radius 3 is 2.26 bits per heavy atom. The topological polar surface area (TPSA) is 56.3 Å². The third-order valence-corrected chi connectivity index (χ3v) is 3.48. The second-order valence-electron chi connectivity index (χ2n) is 7.11. The number of hydrogen-bond acceptors (Lipinski definition) is 5. The van der Waals surface area contributed by atoms with Crippen molar-refractivity contribution in [2.45, 2.75) is 58.9 Å². The summed E-state index contributed by atoms with van der Waals surface area (Å²) in [5, 5.41) is 2.88. The standard InChI is InChI=1S/C19H24F3N3O2/c1-6-12(2)26-14-9-7-13(8-10-14)24-17-23-11-15(19(20,21)22)16(25-17)27-18(3,4)5/h7-12H,6H2,1-5H3,(H,23,24,25). The zero-order valence-corrected chi connectivity index (χ0v) is 16.0. The maximum atomic E-state index is 13.2. The lowest BCUT2D eigenvalue weighted by Crippen LogP contribution is -2.26. The van der Waals surface area contributed by atoms with Crippen LogP contribution in [0.5, 0.6) is 11.6 Å². The number of hydrogen-bond donors (Lipinski definition) is 1. The van der Waals surface area contributed by atoms with E-state index in [1.54, 1.807) is 45.0 Å². The number of aromatic nitrogens is 2. The van der Waals surface area contributed by atoms with E-state index < -0.39 is 23.2 Å². The number of benzene rings is 1. The summed E-state index contributed by atoms with van der Waals surface area (Å²) in [5.41, 5.74) is -1.23. The first-order valence-electron chi connectivity index (χ1n) is 8.65. The Bertz CT molecular complexity index is 756.